The van der Waals surface area contributed by atoms with Crippen LogP contribution < -0.4 is 5.32 Å². The topological polar surface area (TPSA) is 75.4 Å². The van der Waals surface area contributed by atoms with Crippen molar-refractivity contribution in [2.75, 3.05) is 12.4 Å². The zero-order valence-electron chi connectivity index (χ0n) is 12.9. The summed E-state index contributed by atoms with van der Waals surface area (Å²) < 4.78 is 1.78. The Morgan fingerprint density at radius 2 is 2.08 bits per heavy atom. The Kier molecular flexibility index (Phi) is 3.57. The molecule has 1 aliphatic heterocycles. The fourth-order valence-corrected chi connectivity index (χ4v) is 3.28. The molecule has 1 saturated heterocycles. The lowest BCUT2D eigenvalue weighted by atomic mass is 10.0. The average molecular weight is 343 g/mol. The van der Waals surface area contributed by atoms with Crippen molar-refractivity contribution in [1.29, 1.82) is 0 Å². The molecule has 8 heteroatoms. The molecule has 0 aliphatic carbocycles. The van der Waals surface area contributed by atoms with Crippen molar-refractivity contribution >= 4 is 29.0 Å². The van der Waals surface area contributed by atoms with Gasteiger partial charge in [-0.1, -0.05) is 23.7 Å². The Morgan fingerprint density at radius 3 is 2.88 bits per heavy atom. The molecule has 0 bridgehead atoms. The number of carbonyl (C=O) groups is 1. The van der Waals surface area contributed by atoms with Crippen LogP contribution in [-0.4, -0.2) is 43.5 Å². The molecule has 24 heavy (non-hydrogen) atoms. The van der Waals surface area contributed by atoms with E-state index in [1.807, 2.05) is 31.3 Å². The molecule has 4 rings (SSSR count). The first-order valence-electron chi connectivity index (χ1n) is 7.55. The maximum Gasteiger partial charge on any atom is 0.225 e. The van der Waals surface area contributed by atoms with Crippen LogP contribution in [0.1, 0.15) is 18.0 Å². The van der Waals surface area contributed by atoms with Crippen molar-refractivity contribution < 1.29 is 4.79 Å². The maximum absolute atomic E-state index is 12.2. The van der Waals surface area contributed by atoms with Crippen LogP contribution in [-0.2, 0) is 4.79 Å². The zero-order valence-corrected chi connectivity index (χ0v) is 13.7. The summed E-state index contributed by atoms with van der Waals surface area (Å²) in [7, 11) is 1.81. The van der Waals surface area contributed by atoms with E-state index in [9.17, 15) is 4.79 Å². The summed E-state index contributed by atoms with van der Waals surface area (Å²) in [5.74, 6) is 0.697. The van der Waals surface area contributed by atoms with Crippen molar-refractivity contribution in [3.63, 3.8) is 0 Å². The van der Waals surface area contributed by atoms with Gasteiger partial charge < -0.3 is 10.2 Å². The van der Waals surface area contributed by atoms with Gasteiger partial charge >= 0.3 is 0 Å². The Bertz CT molecular complexity index is 893. The molecule has 1 fully saturated rings. The van der Waals surface area contributed by atoms with Gasteiger partial charge in [-0.05, 0) is 17.7 Å². The van der Waals surface area contributed by atoms with Crippen LogP contribution >= 0.6 is 11.6 Å². The van der Waals surface area contributed by atoms with Crippen molar-refractivity contribution in [2.24, 2.45) is 0 Å². The number of likely N-dealkylation sites (tertiary alicyclic amines) is 1. The minimum Gasteiger partial charge on any atom is -0.361 e. The molecule has 2 aromatic heterocycles. The summed E-state index contributed by atoms with van der Waals surface area (Å²) in [6.07, 6.45) is 5.46. The number of carbonyl (C=O) groups excluding carboxylic acids is 1. The Morgan fingerprint density at radius 1 is 1.29 bits per heavy atom. The Balaban J connectivity index is 1.69. The summed E-state index contributed by atoms with van der Waals surface area (Å²) in [4.78, 5) is 18.3. The number of rotatable bonds is 3. The van der Waals surface area contributed by atoms with Crippen LogP contribution in [0, 0.1) is 0 Å². The van der Waals surface area contributed by atoms with Gasteiger partial charge in [-0.15, -0.1) is 10.2 Å². The molecule has 3 heterocycles. The van der Waals surface area contributed by atoms with E-state index in [0.29, 0.717) is 22.9 Å². The summed E-state index contributed by atoms with van der Waals surface area (Å²) in [6, 6.07) is 7.35. The molecule has 1 N–H and O–H groups in total. The predicted molar refractivity (Wildman–Crippen MR) is 89.8 cm³/mol. The molecule has 0 radical (unpaired) electrons. The van der Waals surface area contributed by atoms with E-state index in [0.717, 1.165) is 5.56 Å². The summed E-state index contributed by atoms with van der Waals surface area (Å²) >= 11 is 5.98. The van der Waals surface area contributed by atoms with Gasteiger partial charge in [-0.25, -0.2) is 4.98 Å². The van der Waals surface area contributed by atoms with Gasteiger partial charge in [-0.3, -0.25) is 9.20 Å². The van der Waals surface area contributed by atoms with E-state index in [4.69, 9.17) is 11.6 Å². The highest BCUT2D eigenvalue weighted by Crippen LogP contribution is 2.34. The number of aromatic nitrogens is 4. The molecule has 122 valence electrons. The van der Waals surface area contributed by atoms with E-state index in [1.54, 1.807) is 28.0 Å². The third-order valence-corrected chi connectivity index (χ3v) is 4.59. The molecule has 1 aromatic carbocycles. The highest BCUT2D eigenvalue weighted by molar-refractivity contribution is 6.30. The van der Waals surface area contributed by atoms with Gasteiger partial charge in [0.05, 0.1) is 12.1 Å². The van der Waals surface area contributed by atoms with Gasteiger partial charge in [-0.2, -0.15) is 0 Å². The molecule has 3 aromatic rings. The van der Waals surface area contributed by atoms with Crippen molar-refractivity contribution in [3.05, 3.63) is 53.6 Å². The molecule has 7 nitrogen and oxygen atoms in total. The third-order valence-electron chi connectivity index (χ3n) is 4.34. The summed E-state index contributed by atoms with van der Waals surface area (Å²) in [5, 5.41) is 12.0. The Labute approximate surface area is 143 Å². The minimum atomic E-state index is -0.112. The fourth-order valence-electron chi connectivity index (χ4n) is 3.15. The SMILES string of the molecule is CN1C(=O)C[C@H](Nc2nccn3cnnc23)[C@@H]1c1ccc(Cl)cc1. The quantitative estimate of drug-likeness (QED) is 0.789. The fraction of sp³-hybridized carbons (Fsp3) is 0.250. The van der Waals surface area contributed by atoms with Crippen molar-refractivity contribution in [2.45, 2.75) is 18.5 Å². The number of nitrogens with zero attached hydrogens (tertiary/aromatic N) is 5. The minimum absolute atomic E-state index is 0.0841. The number of nitrogens with one attached hydrogen (secondary N) is 1. The number of fused-ring (bicyclic) bond motifs is 1. The second-order valence-electron chi connectivity index (χ2n) is 5.79. The van der Waals surface area contributed by atoms with Gasteiger partial charge in [0.1, 0.15) is 6.33 Å². The normalized spacial score (nSPS) is 20.8. The molecule has 0 spiro atoms. The molecule has 0 saturated carbocycles. The first-order chi connectivity index (χ1) is 11.6. The summed E-state index contributed by atoms with van der Waals surface area (Å²) in [5.41, 5.74) is 1.66. The second kappa shape index (κ2) is 5.76. The highest BCUT2D eigenvalue weighted by Gasteiger charge is 2.39. The maximum atomic E-state index is 12.2. The van der Waals surface area contributed by atoms with Gasteiger partial charge in [0.15, 0.2) is 5.82 Å². The number of amides is 1. The molecule has 1 amide bonds. The lowest BCUT2D eigenvalue weighted by Crippen LogP contribution is -2.30. The van der Waals surface area contributed by atoms with E-state index < -0.39 is 0 Å². The molecule has 0 unspecified atom stereocenters. The molecule has 2 atom stereocenters. The number of anilines is 1. The van der Waals surface area contributed by atoms with Crippen LogP contribution in [0.4, 0.5) is 5.82 Å². The first kappa shape index (κ1) is 14.9. The number of halogens is 1. The second-order valence-corrected chi connectivity index (χ2v) is 6.23. The molecular weight excluding hydrogens is 328 g/mol. The van der Waals surface area contributed by atoms with E-state index in [-0.39, 0.29) is 18.0 Å². The highest BCUT2D eigenvalue weighted by atomic mass is 35.5. The van der Waals surface area contributed by atoms with E-state index in [2.05, 4.69) is 20.5 Å². The van der Waals surface area contributed by atoms with Crippen LogP contribution in [0.5, 0.6) is 0 Å². The third kappa shape index (κ3) is 2.46. The molecule has 1 aliphatic rings. The Hall–Kier alpha value is -2.67. The smallest absolute Gasteiger partial charge is 0.225 e. The number of hydrogen-bond donors (Lipinski definition) is 1. The zero-order chi connectivity index (χ0) is 16.7. The lowest BCUT2D eigenvalue weighted by Gasteiger charge is -2.26. The molecular formula is C16H15ClN6O. The average Bonchev–Trinajstić information content (AvgIpc) is 3.15. The summed E-state index contributed by atoms with van der Waals surface area (Å²) in [6.45, 7) is 0. The standard InChI is InChI=1S/C16H15ClN6O/c1-22-13(24)8-12(14(22)10-2-4-11(17)5-3-10)20-15-16-21-19-9-23(16)7-6-18-15/h2-7,9,12,14H,8H2,1H3,(H,18,20)/t12-,14-/m0/s1. The van der Waals surface area contributed by atoms with E-state index in [1.165, 1.54) is 0 Å². The first-order valence-corrected chi connectivity index (χ1v) is 7.93. The predicted octanol–water partition coefficient (Wildman–Crippen LogP) is 2.16. The van der Waals surface area contributed by atoms with Gasteiger partial charge in [0.2, 0.25) is 11.6 Å². The lowest BCUT2D eigenvalue weighted by molar-refractivity contribution is -0.127. The number of hydrogen-bond acceptors (Lipinski definition) is 5. The van der Waals surface area contributed by atoms with Crippen molar-refractivity contribution in [1.82, 2.24) is 24.5 Å². The number of likely N-dealkylation sites (N-methyl/N-ethyl adjacent to an activating group) is 1. The van der Waals surface area contributed by atoms with Gasteiger partial charge in [0, 0.05) is 30.9 Å². The number of benzene rings is 1. The van der Waals surface area contributed by atoms with Crippen LogP contribution in [0.2, 0.25) is 5.02 Å². The van der Waals surface area contributed by atoms with Crippen LogP contribution in [0.15, 0.2) is 43.0 Å². The van der Waals surface area contributed by atoms with Crippen LogP contribution in [0.25, 0.3) is 5.65 Å². The monoisotopic (exact) mass is 342 g/mol. The van der Waals surface area contributed by atoms with Gasteiger partial charge in [0.25, 0.3) is 0 Å². The van der Waals surface area contributed by atoms with E-state index >= 15 is 0 Å². The largest absolute Gasteiger partial charge is 0.361 e. The van der Waals surface area contributed by atoms with Crippen molar-refractivity contribution in [3.8, 4) is 0 Å². The van der Waals surface area contributed by atoms with Crippen LogP contribution in [0.3, 0.4) is 0 Å².